The summed E-state index contributed by atoms with van der Waals surface area (Å²) < 4.78 is 14.5. The molecular formula is C28H31FN2O2. The van der Waals surface area contributed by atoms with Crippen molar-refractivity contribution in [1.82, 2.24) is 10.2 Å². The van der Waals surface area contributed by atoms with Crippen LogP contribution in [0.1, 0.15) is 34.7 Å². The zero-order chi connectivity index (χ0) is 23.8. The van der Waals surface area contributed by atoms with Crippen LogP contribution in [0, 0.1) is 19.7 Å². The Morgan fingerprint density at radius 3 is 2.27 bits per heavy atom. The third-order valence-corrected chi connectivity index (χ3v) is 5.85. The first kappa shape index (κ1) is 24.2. The summed E-state index contributed by atoms with van der Waals surface area (Å²) in [4.78, 5) is 28.2. The quantitative estimate of drug-likeness (QED) is 0.515. The first-order valence-corrected chi connectivity index (χ1v) is 11.3. The predicted molar refractivity (Wildman–Crippen MR) is 129 cm³/mol. The van der Waals surface area contributed by atoms with E-state index in [2.05, 4.69) is 5.32 Å². The lowest BCUT2D eigenvalue weighted by Gasteiger charge is -2.31. The normalized spacial score (nSPS) is 11.6. The molecule has 0 saturated heterocycles. The van der Waals surface area contributed by atoms with Crippen molar-refractivity contribution in [3.63, 3.8) is 0 Å². The maximum Gasteiger partial charge on any atom is 0.243 e. The number of likely N-dealkylation sites (N-methyl/N-ethyl adjacent to an activating group) is 1. The molecule has 4 nitrogen and oxygen atoms in total. The van der Waals surface area contributed by atoms with Crippen LogP contribution in [0.4, 0.5) is 4.39 Å². The molecule has 33 heavy (non-hydrogen) atoms. The highest BCUT2D eigenvalue weighted by molar-refractivity contribution is 5.88. The van der Waals surface area contributed by atoms with Crippen LogP contribution in [0.5, 0.6) is 0 Å². The number of aryl methyl sites for hydroxylation is 2. The van der Waals surface area contributed by atoms with Crippen molar-refractivity contribution in [2.75, 3.05) is 6.54 Å². The summed E-state index contributed by atoms with van der Waals surface area (Å²) in [5, 5.41) is 2.86. The Balaban J connectivity index is 1.97. The van der Waals surface area contributed by atoms with E-state index in [4.69, 9.17) is 0 Å². The van der Waals surface area contributed by atoms with E-state index in [-0.39, 0.29) is 24.8 Å². The van der Waals surface area contributed by atoms with Crippen molar-refractivity contribution in [2.45, 2.75) is 46.2 Å². The minimum atomic E-state index is -0.758. The highest BCUT2D eigenvalue weighted by Crippen LogP contribution is 2.19. The lowest BCUT2D eigenvalue weighted by Crippen LogP contribution is -2.51. The van der Waals surface area contributed by atoms with Gasteiger partial charge in [0.25, 0.3) is 0 Å². The largest absolute Gasteiger partial charge is 0.355 e. The fourth-order valence-electron chi connectivity index (χ4n) is 3.85. The summed E-state index contributed by atoms with van der Waals surface area (Å²) in [6, 6.07) is 21.1. The number of hydrogen-bond donors (Lipinski definition) is 1. The van der Waals surface area contributed by atoms with Gasteiger partial charge in [-0.2, -0.15) is 0 Å². The van der Waals surface area contributed by atoms with Gasteiger partial charge in [-0.3, -0.25) is 9.59 Å². The summed E-state index contributed by atoms with van der Waals surface area (Å²) in [6.45, 7) is 6.34. The van der Waals surface area contributed by atoms with Gasteiger partial charge in [0.15, 0.2) is 0 Å². The summed E-state index contributed by atoms with van der Waals surface area (Å²) in [7, 11) is 0. The van der Waals surface area contributed by atoms with Gasteiger partial charge in [-0.1, -0.05) is 66.7 Å². The molecular weight excluding hydrogens is 415 g/mol. The standard InChI is InChI=1S/C28H31FN2O2/c1-4-30-28(33)26(17-22-10-6-5-7-11-22)31(19-24-12-8-9-13-25(24)29)27(32)18-23-15-14-20(2)21(3)16-23/h5-16,26H,4,17-19H2,1-3H3,(H,30,33)/t26-/m1/s1. The fraction of sp³-hybridized carbons (Fsp3) is 0.286. The van der Waals surface area contributed by atoms with Crippen molar-refractivity contribution < 1.29 is 14.0 Å². The Morgan fingerprint density at radius 2 is 1.61 bits per heavy atom. The van der Waals surface area contributed by atoms with E-state index in [0.717, 1.165) is 22.3 Å². The summed E-state index contributed by atoms with van der Waals surface area (Å²) in [6.07, 6.45) is 0.486. The number of amides is 2. The van der Waals surface area contributed by atoms with Crippen LogP contribution >= 0.6 is 0 Å². The maximum atomic E-state index is 14.5. The smallest absolute Gasteiger partial charge is 0.243 e. The molecule has 0 bridgehead atoms. The predicted octanol–water partition coefficient (Wildman–Crippen LogP) is 4.76. The lowest BCUT2D eigenvalue weighted by atomic mass is 10.00. The molecule has 0 aliphatic rings. The first-order valence-electron chi connectivity index (χ1n) is 11.3. The number of nitrogens with one attached hydrogen (secondary N) is 1. The number of rotatable bonds is 9. The van der Waals surface area contributed by atoms with Gasteiger partial charge < -0.3 is 10.2 Å². The van der Waals surface area contributed by atoms with Crippen LogP contribution in [0.2, 0.25) is 0 Å². The van der Waals surface area contributed by atoms with Crippen LogP contribution in [-0.4, -0.2) is 29.3 Å². The third-order valence-electron chi connectivity index (χ3n) is 5.85. The number of carbonyl (C=O) groups excluding carboxylic acids is 2. The van der Waals surface area contributed by atoms with E-state index in [9.17, 15) is 14.0 Å². The molecule has 172 valence electrons. The van der Waals surface area contributed by atoms with E-state index in [0.29, 0.717) is 18.5 Å². The molecule has 0 spiro atoms. The molecule has 5 heteroatoms. The summed E-state index contributed by atoms with van der Waals surface area (Å²) >= 11 is 0. The van der Waals surface area contributed by atoms with Gasteiger partial charge in [0.1, 0.15) is 11.9 Å². The molecule has 1 N–H and O–H groups in total. The molecule has 0 heterocycles. The number of halogens is 1. The van der Waals surface area contributed by atoms with E-state index in [1.165, 1.54) is 11.0 Å². The van der Waals surface area contributed by atoms with E-state index in [1.54, 1.807) is 18.2 Å². The van der Waals surface area contributed by atoms with E-state index in [1.807, 2.05) is 69.3 Å². The molecule has 0 unspecified atom stereocenters. The minimum Gasteiger partial charge on any atom is -0.355 e. The van der Waals surface area contributed by atoms with Gasteiger partial charge in [0, 0.05) is 25.1 Å². The van der Waals surface area contributed by atoms with Gasteiger partial charge >= 0.3 is 0 Å². The van der Waals surface area contributed by atoms with Crippen molar-refractivity contribution in [3.05, 3.63) is 106 Å². The molecule has 0 radical (unpaired) electrons. The number of nitrogens with zero attached hydrogens (tertiary/aromatic N) is 1. The molecule has 0 aromatic heterocycles. The Kier molecular flexibility index (Phi) is 8.36. The maximum absolute atomic E-state index is 14.5. The fourth-order valence-corrected chi connectivity index (χ4v) is 3.85. The average Bonchev–Trinajstić information content (AvgIpc) is 2.80. The molecule has 3 aromatic carbocycles. The Labute approximate surface area is 195 Å². The molecule has 0 saturated carbocycles. The van der Waals surface area contributed by atoms with Crippen LogP contribution in [0.3, 0.4) is 0 Å². The molecule has 0 aliphatic heterocycles. The second-order valence-corrected chi connectivity index (χ2v) is 8.31. The zero-order valence-electron chi connectivity index (χ0n) is 19.5. The number of carbonyl (C=O) groups is 2. The molecule has 2 amide bonds. The molecule has 0 aliphatic carbocycles. The van der Waals surface area contributed by atoms with Crippen molar-refractivity contribution in [2.24, 2.45) is 0 Å². The van der Waals surface area contributed by atoms with Crippen molar-refractivity contribution in [3.8, 4) is 0 Å². The molecule has 0 fully saturated rings. The first-order chi connectivity index (χ1) is 15.9. The minimum absolute atomic E-state index is 0.0188. The SMILES string of the molecule is CCNC(=O)[C@@H](Cc1ccccc1)N(Cc1ccccc1F)C(=O)Cc1ccc(C)c(C)c1. The summed E-state index contributed by atoms with van der Waals surface area (Å²) in [5.41, 5.74) is 4.44. The topological polar surface area (TPSA) is 49.4 Å². The van der Waals surface area contributed by atoms with Gasteiger partial charge in [-0.05, 0) is 49.1 Å². The second-order valence-electron chi connectivity index (χ2n) is 8.31. The van der Waals surface area contributed by atoms with Crippen molar-refractivity contribution >= 4 is 11.8 Å². The van der Waals surface area contributed by atoms with Gasteiger partial charge in [0.2, 0.25) is 11.8 Å². The van der Waals surface area contributed by atoms with Crippen LogP contribution < -0.4 is 5.32 Å². The van der Waals surface area contributed by atoms with Crippen LogP contribution in [-0.2, 0) is 29.0 Å². The lowest BCUT2D eigenvalue weighted by molar-refractivity contribution is -0.140. The van der Waals surface area contributed by atoms with Crippen LogP contribution in [0.25, 0.3) is 0 Å². The third kappa shape index (κ3) is 6.51. The average molecular weight is 447 g/mol. The summed E-state index contributed by atoms with van der Waals surface area (Å²) in [5.74, 6) is -0.851. The highest BCUT2D eigenvalue weighted by atomic mass is 19.1. The molecule has 3 aromatic rings. The Bertz CT molecular complexity index is 1100. The van der Waals surface area contributed by atoms with Crippen LogP contribution in [0.15, 0.2) is 72.8 Å². The second kappa shape index (κ2) is 11.4. The van der Waals surface area contributed by atoms with Gasteiger partial charge in [-0.15, -0.1) is 0 Å². The zero-order valence-corrected chi connectivity index (χ0v) is 19.5. The number of hydrogen-bond acceptors (Lipinski definition) is 2. The van der Waals surface area contributed by atoms with Gasteiger partial charge in [0.05, 0.1) is 6.42 Å². The Hall–Kier alpha value is -3.47. The van der Waals surface area contributed by atoms with Crippen molar-refractivity contribution in [1.29, 1.82) is 0 Å². The number of benzene rings is 3. The monoisotopic (exact) mass is 446 g/mol. The molecule has 1 atom stereocenters. The highest BCUT2D eigenvalue weighted by Gasteiger charge is 2.30. The van der Waals surface area contributed by atoms with Gasteiger partial charge in [-0.25, -0.2) is 4.39 Å². The Morgan fingerprint density at radius 1 is 0.909 bits per heavy atom. The van der Waals surface area contributed by atoms with E-state index >= 15 is 0 Å². The molecule has 3 rings (SSSR count). The van der Waals surface area contributed by atoms with E-state index < -0.39 is 11.9 Å².